The van der Waals surface area contributed by atoms with Crippen LogP contribution in [0.3, 0.4) is 0 Å². The summed E-state index contributed by atoms with van der Waals surface area (Å²) in [4.78, 5) is 0. The van der Waals surface area contributed by atoms with Gasteiger partial charge in [-0.05, 0) is 12.1 Å². The number of hydrogen-bond acceptors (Lipinski definition) is 3. The predicted molar refractivity (Wildman–Crippen MR) is 50.1 cm³/mol. The Morgan fingerprint density at radius 2 is 1.94 bits per heavy atom. The number of halogens is 3. The molecule has 0 heterocycles. The Morgan fingerprint density at radius 1 is 1.31 bits per heavy atom. The third-order valence-electron chi connectivity index (χ3n) is 1.66. The average molecular weight is 236 g/mol. The molecule has 1 atom stereocenters. The maximum atomic E-state index is 11.9. The molecule has 1 N–H and O–H groups in total. The van der Waals surface area contributed by atoms with Gasteiger partial charge in [0.2, 0.25) is 0 Å². The molecule has 1 aromatic rings. The van der Waals surface area contributed by atoms with E-state index < -0.39 is 12.7 Å². The van der Waals surface area contributed by atoms with Crippen molar-refractivity contribution in [3.63, 3.8) is 0 Å². The van der Waals surface area contributed by atoms with Crippen LogP contribution in [0.1, 0.15) is 13.3 Å². The van der Waals surface area contributed by atoms with Gasteiger partial charge in [0.1, 0.15) is 11.5 Å². The van der Waals surface area contributed by atoms with E-state index in [0.717, 1.165) is 12.1 Å². The van der Waals surface area contributed by atoms with Crippen LogP contribution in [0.15, 0.2) is 24.3 Å². The molecule has 90 valence electrons. The second-order valence-electron chi connectivity index (χ2n) is 3.00. The molecule has 0 amide bonds. The number of aliphatic hydroxyl groups excluding tert-OH is 1. The van der Waals surface area contributed by atoms with Gasteiger partial charge < -0.3 is 14.6 Å². The van der Waals surface area contributed by atoms with Crippen molar-refractivity contribution < 1.29 is 27.8 Å². The third-order valence-corrected chi connectivity index (χ3v) is 1.66. The molecule has 0 radical (unpaired) electrons. The van der Waals surface area contributed by atoms with E-state index in [1.165, 1.54) is 12.1 Å². The summed E-state index contributed by atoms with van der Waals surface area (Å²) in [6, 6.07) is 4.99. The fourth-order valence-electron chi connectivity index (χ4n) is 0.985. The molecule has 6 heteroatoms. The lowest BCUT2D eigenvalue weighted by molar-refractivity contribution is -0.274. The summed E-state index contributed by atoms with van der Waals surface area (Å²) in [6.45, 7) is 1.68. The lowest BCUT2D eigenvalue weighted by Crippen LogP contribution is -2.17. The first kappa shape index (κ1) is 12.6. The van der Waals surface area contributed by atoms with Crippen molar-refractivity contribution in [3.05, 3.63) is 24.3 Å². The Labute approximate surface area is 90.4 Å². The lowest BCUT2D eigenvalue weighted by Gasteiger charge is -2.13. The molecule has 0 saturated carbocycles. The van der Waals surface area contributed by atoms with Crippen molar-refractivity contribution >= 4 is 0 Å². The Balaban J connectivity index is 2.71. The van der Waals surface area contributed by atoms with Gasteiger partial charge in [-0.3, -0.25) is 0 Å². The third kappa shape index (κ3) is 4.39. The van der Waals surface area contributed by atoms with Crippen molar-refractivity contribution in [1.82, 2.24) is 0 Å². The number of alkyl halides is 3. The second-order valence-corrected chi connectivity index (χ2v) is 3.00. The molecule has 0 saturated heterocycles. The van der Waals surface area contributed by atoms with Gasteiger partial charge in [-0.15, -0.1) is 13.2 Å². The van der Waals surface area contributed by atoms with Gasteiger partial charge in [0.25, 0.3) is 0 Å². The van der Waals surface area contributed by atoms with Gasteiger partial charge >= 0.3 is 6.36 Å². The van der Waals surface area contributed by atoms with E-state index in [1.54, 1.807) is 6.92 Å². The fourth-order valence-corrected chi connectivity index (χ4v) is 0.985. The highest BCUT2D eigenvalue weighted by Gasteiger charge is 2.31. The Kier molecular flexibility index (Phi) is 4.00. The lowest BCUT2D eigenvalue weighted by atomic mass is 10.3. The van der Waals surface area contributed by atoms with Crippen molar-refractivity contribution in [1.29, 1.82) is 0 Å². The Hall–Kier alpha value is -1.43. The molecule has 1 unspecified atom stereocenters. The number of aliphatic hydroxyl groups is 1. The minimum Gasteiger partial charge on any atom is -0.465 e. The molecule has 0 spiro atoms. The highest BCUT2D eigenvalue weighted by atomic mass is 19.4. The molecular weight excluding hydrogens is 225 g/mol. The number of ether oxygens (including phenoxy) is 2. The van der Waals surface area contributed by atoms with E-state index in [2.05, 4.69) is 4.74 Å². The zero-order valence-electron chi connectivity index (χ0n) is 8.49. The standard InChI is InChI=1S/C10H11F3O3/c1-2-9(14)15-7-4-3-5-8(6-7)16-10(11,12)13/h3-6,9,14H,2H2,1H3. The number of benzene rings is 1. The van der Waals surface area contributed by atoms with Crippen molar-refractivity contribution in [2.45, 2.75) is 26.0 Å². The topological polar surface area (TPSA) is 38.7 Å². The zero-order chi connectivity index (χ0) is 12.2. The normalized spacial score (nSPS) is 13.3. The molecule has 3 nitrogen and oxygen atoms in total. The predicted octanol–water partition coefficient (Wildman–Crippen LogP) is 2.69. The summed E-state index contributed by atoms with van der Waals surface area (Å²) in [5.74, 6) is -0.260. The van der Waals surface area contributed by atoms with E-state index >= 15 is 0 Å². The highest BCUT2D eigenvalue weighted by molar-refractivity contribution is 5.33. The monoisotopic (exact) mass is 236 g/mol. The van der Waals surface area contributed by atoms with Crippen LogP contribution in [0.25, 0.3) is 0 Å². The van der Waals surface area contributed by atoms with Crippen LogP contribution in [-0.4, -0.2) is 17.8 Å². The number of hydrogen-bond donors (Lipinski definition) is 1. The van der Waals surface area contributed by atoms with Gasteiger partial charge in [0.05, 0.1) is 0 Å². The van der Waals surface area contributed by atoms with Crippen molar-refractivity contribution in [3.8, 4) is 11.5 Å². The SMILES string of the molecule is CCC(O)Oc1cccc(OC(F)(F)F)c1. The van der Waals surface area contributed by atoms with E-state index in [-0.39, 0.29) is 11.5 Å². The van der Waals surface area contributed by atoms with Crippen LogP contribution in [0, 0.1) is 0 Å². The first-order chi connectivity index (χ1) is 7.40. The summed E-state index contributed by atoms with van der Waals surface area (Å²) >= 11 is 0. The molecule has 16 heavy (non-hydrogen) atoms. The minimum absolute atomic E-state index is 0.121. The summed E-state index contributed by atoms with van der Waals surface area (Å²) in [6.07, 6.45) is -5.44. The largest absolute Gasteiger partial charge is 0.573 e. The molecule has 1 rings (SSSR count). The molecule has 0 aromatic heterocycles. The first-order valence-corrected chi connectivity index (χ1v) is 4.61. The van der Waals surface area contributed by atoms with Crippen LogP contribution in [0.2, 0.25) is 0 Å². The summed E-state index contributed by atoms with van der Waals surface area (Å²) in [5.41, 5.74) is 0. The van der Waals surface area contributed by atoms with Gasteiger partial charge in [-0.1, -0.05) is 13.0 Å². The maximum absolute atomic E-state index is 11.9. The van der Waals surface area contributed by atoms with Gasteiger partial charge in [0.15, 0.2) is 6.29 Å². The average Bonchev–Trinajstić information content (AvgIpc) is 2.15. The quantitative estimate of drug-likeness (QED) is 0.817. The van der Waals surface area contributed by atoms with Crippen LogP contribution in [0.5, 0.6) is 11.5 Å². The van der Waals surface area contributed by atoms with Crippen molar-refractivity contribution in [2.24, 2.45) is 0 Å². The molecule has 0 aliphatic rings. The van der Waals surface area contributed by atoms with Crippen LogP contribution in [0.4, 0.5) is 13.2 Å². The summed E-state index contributed by atoms with van der Waals surface area (Å²) < 4.78 is 44.3. The van der Waals surface area contributed by atoms with Crippen LogP contribution < -0.4 is 9.47 Å². The number of rotatable bonds is 4. The van der Waals surface area contributed by atoms with E-state index in [9.17, 15) is 13.2 Å². The molecular formula is C10H11F3O3. The fraction of sp³-hybridized carbons (Fsp3) is 0.400. The molecule has 0 aliphatic carbocycles. The highest BCUT2D eigenvalue weighted by Crippen LogP contribution is 2.26. The van der Waals surface area contributed by atoms with E-state index in [0.29, 0.717) is 6.42 Å². The molecule has 0 bridgehead atoms. The smallest absolute Gasteiger partial charge is 0.465 e. The van der Waals surface area contributed by atoms with E-state index in [4.69, 9.17) is 9.84 Å². The maximum Gasteiger partial charge on any atom is 0.573 e. The van der Waals surface area contributed by atoms with Gasteiger partial charge in [0, 0.05) is 12.5 Å². The van der Waals surface area contributed by atoms with Gasteiger partial charge in [-0.25, -0.2) is 0 Å². The first-order valence-electron chi connectivity index (χ1n) is 4.61. The zero-order valence-corrected chi connectivity index (χ0v) is 8.49. The van der Waals surface area contributed by atoms with Crippen LogP contribution >= 0.6 is 0 Å². The van der Waals surface area contributed by atoms with E-state index in [1.807, 2.05) is 0 Å². The Bertz CT molecular complexity index is 338. The van der Waals surface area contributed by atoms with Gasteiger partial charge in [-0.2, -0.15) is 0 Å². The molecule has 0 aliphatic heterocycles. The summed E-state index contributed by atoms with van der Waals surface area (Å²) in [7, 11) is 0. The summed E-state index contributed by atoms with van der Waals surface area (Å²) in [5, 5.41) is 9.15. The van der Waals surface area contributed by atoms with Crippen LogP contribution in [-0.2, 0) is 0 Å². The molecule has 1 aromatic carbocycles. The van der Waals surface area contributed by atoms with Crippen molar-refractivity contribution in [2.75, 3.05) is 0 Å². The minimum atomic E-state index is -4.73. The Morgan fingerprint density at radius 3 is 2.50 bits per heavy atom. The second kappa shape index (κ2) is 5.07. The molecule has 0 fully saturated rings.